The molecule has 0 bridgehead atoms. The number of benzene rings is 3. The van der Waals surface area contributed by atoms with Gasteiger partial charge in [0, 0.05) is 24.6 Å². The standard InChI is InChI=1S/C33H36FNO5/c1-21-17-24(18-22(2)31(21)40-33(4,5)23(3)36)11-12-26-19-35(32(38)39-28-9-7-6-8-10-28)20-29(26)30(37)25-13-15-27(34)16-14-25/h6-10,13-18,26,29H,11-12,19-20H2,1-5H3/t26-,29-/m0/s1. The second kappa shape index (κ2) is 12.0. The highest BCUT2D eigenvalue weighted by atomic mass is 19.1. The van der Waals surface area contributed by atoms with Crippen molar-refractivity contribution >= 4 is 17.7 Å². The molecule has 210 valence electrons. The van der Waals surface area contributed by atoms with E-state index in [0.29, 0.717) is 36.4 Å². The van der Waals surface area contributed by atoms with Gasteiger partial charge in [-0.25, -0.2) is 9.18 Å². The Morgan fingerprint density at radius 3 is 2.17 bits per heavy atom. The molecule has 3 aromatic carbocycles. The second-order valence-electron chi connectivity index (χ2n) is 11.1. The predicted octanol–water partition coefficient (Wildman–Crippen LogP) is 6.75. The number of aryl methyl sites for hydroxylation is 3. The van der Waals surface area contributed by atoms with Crippen molar-refractivity contribution in [1.82, 2.24) is 4.90 Å². The van der Waals surface area contributed by atoms with Crippen molar-refractivity contribution in [3.8, 4) is 11.5 Å². The summed E-state index contributed by atoms with van der Waals surface area (Å²) in [6.07, 6.45) is 0.870. The molecule has 0 unspecified atom stereocenters. The van der Waals surface area contributed by atoms with Gasteiger partial charge in [-0.2, -0.15) is 0 Å². The number of ether oxygens (including phenoxy) is 2. The van der Waals surface area contributed by atoms with E-state index in [4.69, 9.17) is 9.47 Å². The van der Waals surface area contributed by atoms with Crippen LogP contribution in [0, 0.1) is 31.5 Å². The van der Waals surface area contributed by atoms with Gasteiger partial charge in [-0.3, -0.25) is 9.59 Å². The number of carbonyl (C=O) groups is 3. The third-order valence-corrected chi connectivity index (χ3v) is 7.64. The van der Waals surface area contributed by atoms with Gasteiger partial charge >= 0.3 is 6.09 Å². The van der Waals surface area contributed by atoms with Gasteiger partial charge in [0.05, 0.1) is 0 Å². The van der Waals surface area contributed by atoms with Crippen molar-refractivity contribution < 1.29 is 28.2 Å². The van der Waals surface area contributed by atoms with Crippen LogP contribution < -0.4 is 9.47 Å². The molecular weight excluding hydrogens is 509 g/mol. The molecule has 4 rings (SSSR count). The third kappa shape index (κ3) is 6.76. The first kappa shape index (κ1) is 29.0. The lowest BCUT2D eigenvalue weighted by Crippen LogP contribution is -2.36. The van der Waals surface area contributed by atoms with E-state index >= 15 is 0 Å². The number of likely N-dealkylation sites (tertiary alicyclic amines) is 1. The van der Waals surface area contributed by atoms with Crippen LogP contribution in [0.15, 0.2) is 66.7 Å². The van der Waals surface area contributed by atoms with E-state index in [-0.39, 0.29) is 24.0 Å². The van der Waals surface area contributed by atoms with Crippen molar-refractivity contribution in [1.29, 1.82) is 0 Å². The number of hydrogen-bond acceptors (Lipinski definition) is 5. The van der Waals surface area contributed by atoms with E-state index in [9.17, 15) is 18.8 Å². The minimum atomic E-state index is -0.924. The molecule has 0 aliphatic carbocycles. The molecule has 1 fully saturated rings. The smallest absolute Gasteiger partial charge is 0.415 e. The zero-order valence-electron chi connectivity index (χ0n) is 23.7. The number of para-hydroxylation sites is 1. The molecule has 40 heavy (non-hydrogen) atoms. The number of nitrogens with zero attached hydrogens (tertiary/aromatic N) is 1. The number of Topliss-reactive ketones (excluding diaryl/α,β-unsaturated/α-hetero) is 2. The molecule has 2 atom stereocenters. The molecule has 7 heteroatoms. The quantitative estimate of drug-likeness (QED) is 0.278. The summed E-state index contributed by atoms with van der Waals surface area (Å²) in [7, 11) is 0. The molecule has 3 aromatic rings. The Bertz CT molecular complexity index is 1360. The van der Waals surface area contributed by atoms with Gasteiger partial charge in [-0.15, -0.1) is 0 Å². The number of halogens is 1. The lowest BCUT2D eigenvalue weighted by molar-refractivity contribution is -0.129. The number of carbonyl (C=O) groups excluding carboxylic acids is 3. The number of hydrogen-bond donors (Lipinski definition) is 0. The minimum Gasteiger partial charge on any atom is -0.480 e. The molecule has 1 amide bonds. The molecule has 1 heterocycles. The normalized spacial score (nSPS) is 17.0. The van der Waals surface area contributed by atoms with Crippen molar-refractivity contribution in [2.75, 3.05) is 13.1 Å². The highest BCUT2D eigenvalue weighted by Crippen LogP contribution is 2.33. The van der Waals surface area contributed by atoms with Gasteiger partial charge in [-0.05, 0) is 106 Å². The van der Waals surface area contributed by atoms with E-state index in [0.717, 1.165) is 16.7 Å². The lowest BCUT2D eigenvalue weighted by atomic mass is 9.84. The summed E-state index contributed by atoms with van der Waals surface area (Å²) >= 11 is 0. The fraction of sp³-hybridized carbons (Fsp3) is 0.364. The van der Waals surface area contributed by atoms with Crippen LogP contribution in [0.1, 0.15) is 54.2 Å². The van der Waals surface area contributed by atoms with Crippen molar-refractivity contribution in [3.05, 3.63) is 94.8 Å². The van der Waals surface area contributed by atoms with Crippen molar-refractivity contribution in [3.63, 3.8) is 0 Å². The topological polar surface area (TPSA) is 72.9 Å². The molecule has 1 saturated heterocycles. The van der Waals surface area contributed by atoms with Crippen LogP contribution in [0.5, 0.6) is 11.5 Å². The monoisotopic (exact) mass is 545 g/mol. The summed E-state index contributed by atoms with van der Waals surface area (Å²) in [4.78, 5) is 40.0. The van der Waals surface area contributed by atoms with Crippen LogP contribution in [0.2, 0.25) is 0 Å². The molecule has 0 saturated carbocycles. The first-order valence-corrected chi connectivity index (χ1v) is 13.6. The average Bonchev–Trinajstić information content (AvgIpc) is 3.34. The van der Waals surface area contributed by atoms with Gasteiger partial charge in [0.25, 0.3) is 0 Å². The maximum absolute atomic E-state index is 13.5. The Balaban J connectivity index is 1.51. The largest absolute Gasteiger partial charge is 0.480 e. The maximum Gasteiger partial charge on any atom is 0.415 e. The Labute approximate surface area is 235 Å². The Kier molecular flexibility index (Phi) is 8.72. The van der Waals surface area contributed by atoms with Gasteiger partial charge in [0.15, 0.2) is 17.2 Å². The van der Waals surface area contributed by atoms with E-state index in [1.54, 1.807) is 43.0 Å². The van der Waals surface area contributed by atoms with Crippen LogP contribution in [0.25, 0.3) is 0 Å². The van der Waals surface area contributed by atoms with Crippen LogP contribution >= 0.6 is 0 Å². The van der Waals surface area contributed by atoms with E-state index in [1.807, 2.05) is 32.0 Å². The predicted molar refractivity (Wildman–Crippen MR) is 151 cm³/mol. The minimum absolute atomic E-state index is 0.0520. The number of amides is 1. The number of ketones is 2. The van der Waals surface area contributed by atoms with E-state index in [2.05, 4.69) is 0 Å². The van der Waals surface area contributed by atoms with Gasteiger partial charge in [0.1, 0.15) is 17.3 Å². The highest BCUT2D eigenvalue weighted by molar-refractivity contribution is 5.98. The van der Waals surface area contributed by atoms with Gasteiger partial charge in [0.2, 0.25) is 0 Å². The maximum atomic E-state index is 13.5. The van der Waals surface area contributed by atoms with E-state index in [1.165, 1.54) is 31.2 Å². The first-order valence-electron chi connectivity index (χ1n) is 13.6. The van der Waals surface area contributed by atoms with Crippen LogP contribution in [-0.4, -0.2) is 41.3 Å². The van der Waals surface area contributed by atoms with Gasteiger partial charge in [-0.1, -0.05) is 30.3 Å². The summed E-state index contributed by atoms with van der Waals surface area (Å²) in [6.45, 7) is 9.57. The molecular formula is C33H36FNO5. The van der Waals surface area contributed by atoms with Gasteiger partial charge < -0.3 is 14.4 Å². The van der Waals surface area contributed by atoms with Crippen molar-refractivity contribution in [2.45, 2.75) is 53.1 Å². The van der Waals surface area contributed by atoms with Crippen LogP contribution in [0.4, 0.5) is 9.18 Å². The Morgan fingerprint density at radius 1 is 0.950 bits per heavy atom. The van der Waals surface area contributed by atoms with E-state index < -0.39 is 23.4 Å². The Morgan fingerprint density at radius 2 is 1.57 bits per heavy atom. The Hall–Kier alpha value is -4.00. The highest BCUT2D eigenvalue weighted by Gasteiger charge is 2.40. The zero-order chi connectivity index (χ0) is 29.0. The lowest BCUT2D eigenvalue weighted by Gasteiger charge is -2.26. The summed E-state index contributed by atoms with van der Waals surface area (Å²) in [5.74, 6) is 0.0374. The molecule has 6 nitrogen and oxygen atoms in total. The summed E-state index contributed by atoms with van der Waals surface area (Å²) in [5, 5.41) is 0. The third-order valence-electron chi connectivity index (χ3n) is 7.64. The zero-order valence-corrected chi connectivity index (χ0v) is 23.7. The van der Waals surface area contributed by atoms with Crippen molar-refractivity contribution in [2.24, 2.45) is 11.8 Å². The fourth-order valence-electron chi connectivity index (χ4n) is 5.12. The summed E-state index contributed by atoms with van der Waals surface area (Å²) in [5.41, 5.74) is 2.45. The summed E-state index contributed by atoms with van der Waals surface area (Å²) < 4.78 is 25.1. The molecule has 0 radical (unpaired) electrons. The molecule has 0 N–H and O–H groups in total. The molecule has 1 aliphatic rings. The van der Waals surface area contributed by atoms with Crippen LogP contribution in [0.3, 0.4) is 0 Å². The molecule has 0 spiro atoms. The molecule has 1 aliphatic heterocycles. The SMILES string of the molecule is CC(=O)C(C)(C)Oc1c(C)cc(CC[C@H]2CN(C(=O)Oc3ccccc3)C[C@@H]2C(=O)c2ccc(F)cc2)cc1C. The average molecular weight is 546 g/mol. The first-order chi connectivity index (χ1) is 18.9. The fourth-order valence-corrected chi connectivity index (χ4v) is 5.12. The molecule has 0 aromatic heterocycles. The summed E-state index contributed by atoms with van der Waals surface area (Å²) in [6, 6.07) is 18.5. The van der Waals surface area contributed by atoms with Crippen LogP contribution in [-0.2, 0) is 11.2 Å². The number of rotatable bonds is 9. The second-order valence-corrected chi connectivity index (χ2v) is 11.1.